The molecule has 94 valence electrons. The number of carbonyl (C=O) groups excluding carboxylic acids is 1. The van der Waals surface area contributed by atoms with E-state index < -0.39 is 0 Å². The zero-order chi connectivity index (χ0) is 13.0. The number of rotatable bonds is 4. The topological polar surface area (TPSA) is 20.3 Å². The van der Waals surface area contributed by atoms with Gasteiger partial charge in [-0.3, -0.25) is 4.79 Å². The van der Waals surface area contributed by atoms with E-state index in [9.17, 15) is 9.18 Å². The van der Waals surface area contributed by atoms with E-state index in [1.165, 1.54) is 18.2 Å². The van der Waals surface area contributed by atoms with E-state index in [0.717, 1.165) is 6.42 Å². The zero-order valence-electron chi connectivity index (χ0n) is 10.3. The van der Waals surface area contributed by atoms with Crippen LogP contribution in [-0.4, -0.2) is 23.4 Å². The van der Waals surface area contributed by atoms with Gasteiger partial charge in [0.05, 0.1) is 4.47 Å². The van der Waals surface area contributed by atoms with E-state index in [1.54, 1.807) is 4.90 Å². The van der Waals surface area contributed by atoms with Crippen LogP contribution in [0.1, 0.15) is 37.6 Å². The third kappa shape index (κ3) is 3.53. The summed E-state index contributed by atoms with van der Waals surface area (Å²) in [6.07, 6.45) is 0.909. The van der Waals surface area contributed by atoms with Crippen molar-refractivity contribution in [1.82, 2.24) is 4.90 Å². The number of carbonyl (C=O) groups is 1. The fraction of sp³-hybridized carbons (Fsp3) is 0.462. The lowest BCUT2D eigenvalue weighted by atomic mass is 10.1. The largest absolute Gasteiger partial charge is 0.336 e. The molecular weight excluding hydrogens is 285 g/mol. The number of halogens is 2. The second-order valence-electron chi connectivity index (χ2n) is 4.22. The first kappa shape index (κ1) is 14.2. The minimum absolute atomic E-state index is 0.0532. The zero-order valence-corrected chi connectivity index (χ0v) is 11.9. The molecule has 0 aliphatic heterocycles. The maximum absolute atomic E-state index is 13.1. The first-order valence-electron chi connectivity index (χ1n) is 5.73. The highest BCUT2D eigenvalue weighted by molar-refractivity contribution is 9.10. The molecule has 0 N–H and O–H groups in total. The summed E-state index contributed by atoms with van der Waals surface area (Å²) in [4.78, 5) is 14.0. The van der Waals surface area contributed by atoms with Crippen LogP contribution in [-0.2, 0) is 0 Å². The van der Waals surface area contributed by atoms with E-state index in [-0.39, 0.29) is 17.8 Å². The van der Waals surface area contributed by atoms with Crippen LogP contribution in [0.4, 0.5) is 4.39 Å². The Labute approximate surface area is 110 Å². The van der Waals surface area contributed by atoms with Crippen molar-refractivity contribution in [2.24, 2.45) is 0 Å². The summed E-state index contributed by atoms with van der Waals surface area (Å²) in [5.41, 5.74) is 0.514. The summed E-state index contributed by atoms with van der Waals surface area (Å²) in [6.45, 7) is 6.70. The van der Waals surface area contributed by atoms with E-state index >= 15 is 0 Å². The Morgan fingerprint density at radius 1 is 1.47 bits per heavy atom. The average Bonchev–Trinajstić information content (AvgIpc) is 2.28. The third-order valence-electron chi connectivity index (χ3n) is 2.52. The van der Waals surface area contributed by atoms with E-state index in [2.05, 4.69) is 15.9 Å². The number of hydrogen-bond acceptors (Lipinski definition) is 1. The van der Waals surface area contributed by atoms with Gasteiger partial charge in [-0.25, -0.2) is 4.39 Å². The number of benzene rings is 1. The summed E-state index contributed by atoms with van der Waals surface area (Å²) < 4.78 is 13.4. The standard InChI is InChI=1S/C13H17BrFNO/c1-4-7-16(9(2)3)13(17)10-5-6-12(15)11(14)8-10/h5-6,8-9H,4,7H2,1-3H3. The SMILES string of the molecule is CCCN(C(=O)c1ccc(F)c(Br)c1)C(C)C. The highest BCUT2D eigenvalue weighted by Gasteiger charge is 2.18. The minimum Gasteiger partial charge on any atom is -0.336 e. The molecule has 0 saturated carbocycles. The van der Waals surface area contributed by atoms with Gasteiger partial charge < -0.3 is 4.90 Å². The molecule has 1 aromatic rings. The molecule has 0 aromatic heterocycles. The van der Waals surface area contributed by atoms with E-state index in [0.29, 0.717) is 16.6 Å². The maximum Gasteiger partial charge on any atom is 0.254 e. The second-order valence-corrected chi connectivity index (χ2v) is 5.08. The lowest BCUT2D eigenvalue weighted by Crippen LogP contribution is -2.37. The quantitative estimate of drug-likeness (QED) is 0.827. The number of nitrogens with zero attached hydrogens (tertiary/aromatic N) is 1. The Balaban J connectivity index is 2.97. The summed E-state index contributed by atoms with van der Waals surface area (Å²) in [7, 11) is 0. The van der Waals surface area contributed by atoms with Crippen LogP contribution < -0.4 is 0 Å². The normalized spacial score (nSPS) is 10.7. The molecule has 1 aromatic carbocycles. The van der Waals surface area contributed by atoms with Crippen molar-refractivity contribution >= 4 is 21.8 Å². The van der Waals surface area contributed by atoms with Gasteiger partial charge in [-0.1, -0.05) is 6.92 Å². The molecule has 0 saturated heterocycles. The molecule has 17 heavy (non-hydrogen) atoms. The third-order valence-corrected chi connectivity index (χ3v) is 3.12. The molecule has 0 heterocycles. The molecule has 0 atom stereocenters. The molecule has 0 aliphatic rings. The maximum atomic E-state index is 13.1. The van der Waals surface area contributed by atoms with Crippen LogP contribution in [0.25, 0.3) is 0 Å². The van der Waals surface area contributed by atoms with Gasteiger partial charge in [-0.15, -0.1) is 0 Å². The van der Waals surface area contributed by atoms with Crippen molar-refractivity contribution < 1.29 is 9.18 Å². The van der Waals surface area contributed by atoms with Crippen molar-refractivity contribution in [1.29, 1.82) is 0 Å². The molecule has 0 bridgehead atoms. The van der Waals surface area contributed by atoms with Crippen molar-refractivity contribution in [2.45, 2.75) is 33.2 Å². The molecule has 0 spiro atoms. The summed E-state index contributed by atoms with van der Waals surface area (Å²) in [6, 6.07) is 4.50. The van der Waals surface area contributed by atoms with Gasteiger partial charge >= 0.3 is 0 Å². The fourth-order valence-corrected chi connectivity index (χ4v) is 2.01. The summed E-state index contributed by atoms with van der Waals surface area (Å²) >= 11 is 3.09. The molecule has 0 unspecified atom stereocenters. The van der Waals surface area contributed by atoms with Crippen molar-refractivity contribution in [2.75, 3.05) is 6.54 Å². The smallest absolute Gasteiger partial charge is 0.254 e. The molecule has 2 nitrogen and oxygen atoms in total. The van der Waals surface area contributed by atoms with E-state index in [1.807, 2.05) is 20.8 Å². The summed E-state index contributed by atoms with van der Waals surface area (Å²) in [5, 5.41) is 0. The number of amides is 1. The van der Waals surface area contributed by atoms with Crippen LogP contribution in [0.2, 0.25) is 0 Å². The first-order chi connectivity index (χ1) is 7.97. The fourth-order valence-electron chi connectivity index (χ4n) is 1.63. The predicted octanol–water partition coefficient (Wildman–Crippen LogP) is 3.85. The molecular formula is C13H17BrFNO. The Hall–Kier alpha value is -0.900. The summed E-state index contributed by atoms with van der Waals surface area (Å²) in [5.74, 6) is -0.407. The molecule has 1 amide bonds. The first-order valence-corrected chi connectivity index (χ1v) is 6.52. The highest BCUT2D eigenvalue weighted by Crippen LogP contribution is 2.18. The Kier molecular flexibility index (Phi) is 5.12. The van der Waals surface area contributed by atoms with Gasteiger partial charge in [0.2, 0.25) is 0 Å². The van der Waals surface area contributed by atoms with Crippen LogP contribution in [0.15, 0.2) is 22.7 Å². The van der Waals surface area contributed by atoms with Crippen molar-refractivity contribution in [3.8, 4) is 0 Å². The lowest BCUT2D eigenvalue weighted by Gasteiger charge is -2.26. The molecule has 1 rings (SSSR count). The van der Waals surface area contributed by atoms with Gasteiger partial charge in [0.15, 0.2) is 0 Å². The van der Waals surface area contributed by atoms with Crippen molar-refractivity contribution in [3.05, 3.63) is 34.1 Å². The van der Waals surface area contributed by atoms with Gasteiger partial charge in [-0.05, 0) is 54.4 Å². The predicted molar refractivity (Wildman–Crippen MR) is 70.6 cm³/mol. The monoisotopic (exact) mass is 301 g/mol. The molecule has 0 aliphatic carbocycles. The molecule has 4 heteroatoms. The molecule has 0 fully saturated rings. The van der Waals surface area contributed by atoms with Gasteiger partial charge in [0.25, 0.3) is 5.91 Å². The molecule has 0 radical (unpaired) electrons. The minimum atomic E-state index is -0.354. The second kappa shape index (κ2) is 6.15. The van der Waals surface area contributed by atoms with Crippen LogP contribution >= 0.6 is 15.9 Å². The Morgan fingerprint density at radius 2 is 2.12 bits per heavy atom. The van der Waals surface area contributed by atoms with E-state index in [4.69, 9.17) is 0 Å². The Morgan fingerprint density at radius 3 is 2.59 bits per heavy atom. The van der Waals surface area contributed by atoms with Crippen LogP contribution in [0.5, 0.6) is 0 Å². The highest BCUT2D eigenvalue weighted by atomic mass is 79.9. The Bertz CT molecular complexity index is 406. The van der Waals surface area contributed by atoms with Crippen molar-refractivity contribution in [3.63, 3.8) is 0 Å². The van der Waals surface area contributed by atoms with Crippen LogP contribution in [0, 0.1) is 5.82 Å². The average molecular weight is 302 g/mol. The van der Waals surface area contributed by atoms with Gasteiger partial charge in [0, 0.05) is 18.2 Å². The van der Waals surface area contributed by atoms with Gasteiger partial charge in [-0.2, -0.15) is 0 Å². The number of hydrogen-bond donors (Lipinski definition) is 0. The van der Waals surface area contributed by atoms with Crippen LogP contribution in [0.3, 0.4) is 0 Å². The van der Waals surface area contributed by atoms with Gasteiger partial charge in [0.1, 0.15) is 5.82 Å². The lowest BCUT2D eigenvalue weighted by molar-refractivity contribution is 0.0706.